The maximum atomic E-state index is 13.0. The van der Waals surface area contributed by atoms with E-state index < -0.39 is 25.6 Å². The Labute approximate surface area is 208 Å². The Bertz CT molecular complexity index is 1090. The predicted molar refractivity (Wildman–Crippen MR) is 135 cm³/mol. The van der Waals surface area contributed by atoms with Gasteiger partial charge in [-0.3, -0.25) is 14.2 Å². The number of nitrogens with one attached hydrogen (secondary N) is 3. The smallest absolute Gasteiger partial charge is 0.325 e. The predicted octanol–water partition coefficient (Wildman–Crippen LogP) is 4.47. The molecule has 0 spiro atoms. The Morgan fingerprint density at radius 2 is 1.60 bits per heavy atom. The van der Waals surface area contributed by atoms with Crippen molar-refractivity contribution in [1.29, 1.82) is 0 Å². The Morgan fingerprint density at radius 1 is 1.00 bits per heavy atom. The van der Waals surface area contributed by atoms with E-state index in [1.54, 1.807) is 53.4 Å². The van der Waals surface area contributed by atoms with Crippen molar-refractivity contribution in [3.63, 3.8) is 0 Å². The van der Waals surface area contributed by atoms with E-state index in [2.05, 4.69) is 16.0 Å². The number of carbonyl (C=O) groups is 3. The molecule has 0 saturated carbocycles. The molecule has 35 heavy (non-hydrogen) atoms. The molecule has 3 rings (SSSR count). The summed E-state index contributed by atoms with van der Waals surface area (Å²) in [6.07, 6.45) is 1.95. The van der Waals surface area contributed by atoms with Crippen molar-refractivity contribution in [1.82, 2.24) is 5.32 Å². The normalized spacial score (nSPS) is 14.8. The van der Waals surface area contributed by atoms with Gasteiger partial charge in [-0.05, 0) is 61.4 Å². The molecule has 2 aromatic carbocycles. The Balaban J connectivity index is 1.70. The second kappa shape index (κ2) is 12.2. The Morgan fingerprint density at radius 3 is 2.20 bits per heavy atom. The first-order valence-electron chi connectivity index (χ1n) is 11.0. The van der Waals surface area contributed by atoms with Crippen LogP contribution in [0, 0.1) is 0 Å². The number of carbonyl (C=O) groups excluding carboxylic acids is 3. The van der Waals surface area contributed by atoms with Crippen LogP contribution in [-0.2, 0) is 23.2 Å². The molecule has 0 aromatic heterocycles. The SMILES string of the molecule is COP(=O)(C[C@H](NC(=O)Nc1ccc(Cl)cc1)C(=O)Nc1ccc(N2CCCCC2=O)cc1)OC. The van der Waals surface area contributed by atoms with Gasteiger partial charge in [0, 0.05) is 49.3 Å². The third-order valence-corrected chi connectivity index (χ3v) is 7.63. The van der Waals surface area contributed by atoms with E-state index in [0.29, 0.717) is 29.4 Å². The van der Waals surface area contributed by atoms with Crippen LogP contribution in [0.15, 0.2) is 48.5 Å². The van der Waals surface area contributed by atoms with Crippen molar-refractivity contribution in [3.8, 4) is 0 Å². The molecule has 1 atom stereocenters. The largest absolute Gasteiger partial charge is 0.332 e. The molecule has 4 amide bonds. The van der Waals surface area contributed by atoms with Gasteiger partial charge in [-0.15, -0.1) is 0 Å². The minimum absolute atomic E-state index is 0.0684. The van der Waals surface area contributed by atoms with E-state index in [0.717, 1.165) is 18.5 Å². The molecule has 0 radical (unpaired) electrons. The van der Waals surface area contributed by atoms with Crippen molar-refractivity contribution in [2.45, 2.75) is 25.3 Å². The van der Waals surface area contributed by atoms with Crippen LogP contribution in [0.25, 0.3) is 0 Å². The summed E-state index contributed by atoms with van der Waals surface area (Å²) >= 11 is 5.86. The number of hydrogen-bond donors (Lipinski definition) is 3. The lowest BCUT2D eigenvalue weighted by atomic mass is 10.1. The van der Waals surface area contributed by atoms with Crippen LogP contribution in [-0.4, -0.2) is 50.8 Å². The van der Waals surface area contributed by atoms with E-state index in [9.17, 15) is 18.9 Å². The minimum atomic E-state index is -3.64. The van der Waals surface area contributed by atoms with Gasteiger partial charge >= 0.3 is 13.6 Å². The number of rotatable bonds is 9. The lowest BCUT2D eigenvalue weighted by Crippen LogP contribution is -2.47. The molecule has 0 bridgehead atoms. The average Bonchev–Trinajstić information content (AvgIpc) is 2.86. The Kier molecular flexibility index (Phi) is 9.28. The number of hydrogen-bond acceptors (Lipinski definition) is 6. The van der Waals surface area contributed by atoms with Crippen LogP contribution in [0.2, 0.25) is 5.02 Å². The molecule has 1 fully saturated rings. The highest BCUT2D eigenvalue weighted by atomic mass is 35.5. The first-order valence-corrected chi connectivity index (χ1v) is 13.1. The lowest BCUT2D eigenvalue weighted by Gasteiger charge is -2.27. The first-order chi connectivity index (χ1) is 16.7. The number of urea groups is 1. The molecule has 1 saturated heterocycles. The van der Waals surface area contributed by atoms with Crippen molar-refractivity contribution < 1.29 is 28.0 Å². The standard InChI is InChI=1S/C23H28ClN4O6P/c1-33-35(32,34-2)15-20(27-23(31)26-18-8-6-16(24)7-9-18)22(30)25-17-10-12-19(13-11-17)28-14-4-3-5-21(28)29/h6-13,20H,3-5,14-15H2,1-2H3,(H,25,30)(H2,26,27,31)/t20-/m0/s1. The number of piperidine rings is 1. The highest BCUT2D eigenvalue weighted by Crippen LogP contribution is 2.46. The lowest BCUT2D eigenvalue weighted by molar-refractivity contribution is -0.119. The summed E-state index contributed by atoms with van der Waals surface area (Å²) in [6.45, 7) is 0.655. The van der Waals surface area contributed by atoms with E-state index >= 15 is 0 Å². The second-order valence-electron chi connectivity index (χ2n) is 7.86. The summed E-state index contributed by atoms with van der Waals surface area (Å²) < 4.78 is 22.6. The van der Waals surface area contributed by atoms with Gasteiger partial charge in [0.15, 0.2) is 0 Å². The summed E-state index contributed by atoms with van der Waals surface area (Å²) in [6, 6.07) is 11.3. The zero-order chi connectivity index (χ0) is 25.4. The summed E-state index contributed by atoms with van der Waals surface area (Å²) in [7, 11) is -1.24. The van der Waals surface area contributed by atoms with Crippen LogP contribution in [0.4, 0.5) is 21.9 Å². The van der Waals surface area contributed by atoms with Crippen LogP contribution in [0.5, 0.6) is 0 Å². The summed E-state index contributed by atoms with van der Waals surface area (Å²) in [5.41, 5.74) is 1.64. The third-order valence-electron chi connectivity index (χ3n) is 5.46. The van der Waals surface area contributed by atoms with Gasteiger partial charge in [0.2, 0.25) is 11.8 Å². The van der Waals surface area contributed by atoms with E-state index in [1.807, 2.05) is 0 Å². The number of nitrogens with zero attached hydrogens (tertiary/aromatic N) is 1. The summed E-state index contributed by atoms with van der Waals surface area (Å²) in [5.74, 6) is -0.550. The fraction of sp³-hybridized carbons (Fsp3) is 0.348. The fourth-order valence-corrected chi connectivity index (χ4v) is 4.81. The molecule has 3 N–H and O–H groups in total. The molecule has 0 unspecified atom stereocenters. The van der Waals surface area contributed by atoms with Gasteiger partial charge in [-0.2, -0.15) is 0 Å². The Hall–Kier alpha value is -2.91. The average molecular weight is 523 g/mol. The molecule has 12 heteroatoms. The van der Waals surface area contributed by atoms with Crippen LogP contribution < -0.4 is 20.9 Å². The molecule has 0 aliphatic carbocycles. The molecular formula is C23H28ClN4O6P. The number of benzene rings is 2. The molecular weight excluding hydrogens is 495 g/mol. The van der Waals surface area contributed by atoms with E-state index in [-0.39, 0.29) is 12.1 Å². The van der Waals surface area contributed by atoms with Crippen molar-refractivity contribution in [2.75, 3.05) is 42.5 Å². The number of anilines is 3. The van der Waals surface area contributed by atoms with Gasteiger partial charge in [0.1, 0.15) is 6.04 Å². The monoisotopic (exact) mass is 522 g/mol. The highest BCUT2D eigenvalue weighted by Gasteiger charge is 2.32. The number of amides is 4. The van der Waals surface area contributed by atoms with Crippen LogP contribution in [0.1, 0.15) is 19.3 Å². The third kappa shape index (κ3) is 7.53. The quantitative estimate of drug-likeness (QED) is 0.417. The topological polar surface area (TPSA) is 126 Å². The zero-order valence-corrected chi connectivity index (χ0v) is 21.1. The molecule has 1 heterocycles. The molecule has 188 valence electrons. The van der Waals surface area contributed by atoms with Gasteiger partial charge in [0.05, 0.1) is 6.16 Å². The number of halogens is 1. The van der Waals surface area contributed by atoms with Crippen molar-refractivity contribution in [3.05, 3.63) is 53.6 Å². The zero-order valence-electron chi connectivity index (χ0n) is 19.5. The first kappa shape index (κ1) is 26.7. The summed E-state index contributed by atoms with van der Waals surface area (Å²) in [4.78, 5) is 39.4. The fourth-order valence-electron chi connectivity index (χ4n) is 3.53. The van der Waals surface area contributed by atoms with Crippen LogP contribution in [0.3, 0.4) is 0 Å². The second-order valence-corrected chi connectivity index (χ2v) is 10.6. The maximum absolute atomic E-state index is 13.0. The van der Waals surface area contributed by atoms with Crippen molar-refractivity contribution >= 4 is 54.1 Å². The maximum Gasteiger partial charge on any atom is 0.332 e. The molecule has 10 nitrogen and oxygen atoms in total. The van der Waals surface area contributed by atoms with E-state index in [4.69, 9.17) is 20.6 Å². The van der Waals surface area contributed by atoms with E-state index in [1.165, 1.54) is 14.2 Å². The van der Waals surface area contributed by atoms with Crippen molar-refractivity contribution in [2.24, 2.45) is 0 Å². The summed E-state index contributed by atoms with van der Waals surface area (Å²) in [5, 5.41) is 8.30. The van der Waals surface area contributed by atoms with Gasteiger partial charge < -0.3 is 29.9 Å². The van der Waals surface area contributed by atoms with Gasteiger partial charge in [-0.25, -0.2) is 4.79 Å². The van der Waals surface area contributed by atoms with Crippen LogP contribution >= 0.6 is 19.2 Å². The minimum Gasteiger partial charge on any atom is -0.325 e. The van der Waals surface area contributed by atoms with Gasteiger partial charge in [0.25, 0.3) is 0 Å². The molecule has 2 aromatic rings. The highest BCUT2D eigenvalue weighted by molar-refractivity contribution is 7.53. The molecule has 1 aliphatic heterocycles. The van der Waals surface area contributed by atoms with Gasteiger partial charge in [-0.1, -0.05) is 11.6 Å². The molecule has 1 aliphatic rings.